The Hall–Kier alpha value is -4.12. The van der Waals surface area contributed by atoms with Gasteiger partial charge < -0.3 is 30.6 Å². The van der Waals surface area contributed by atoms with E-state index in [-0.39, 0.29) is 23.6 Å². The van der Waals surface area contributed by atoms with Crippen LogP contribution < -0.4 is 25.6 Å². The Balaban J connectivity index is 1.27. The van der Waals surface area contributed by atoms with Crippen molar-refractivity contribution >= 4 is 23.3 Å². The van der Waals surface area contributed by atoms with Gasteiger partial charge in [0, 0.05) is 37.8 Å². The third-order valence-electron chi connectivity index (χ3n) is 8.51. The van der Waals surface area contributed by atoms with Crippen molar-refractivity contribution in [2.45, 2.75) is 58.6 Å². The van der Waals surface area contributed by atoms with E-state index in [4.69, 9.17) is 10.1 Å². The molecule has 1 aromatic carbocycles. The maximum absolute atomic E-state index is 13.0. The summed E-state index contributed by atoms with van der Waals surface area (Å²) in [6.45, 7) is 8.95. The number of pyridine rings is 1. The molecule has 11 heteroatoms. The van der Waals surface area contributed by atoms with Crippen LogP contribution >= 0.6 is 0 Å². The van der Waals surface area contributed by atoms with Gasteiger partial charge in [0.2, 0.25) is 5.95 Å². The lowest BCUT2D eigenvalue weighted by Gasteiger charge is -2.33. The number of urea groups is 1. The van der Waals surface area contributed by atoms with Gasteiger partial charge in [-0.25, -0.2) is 4.79 Å². The van der Waals surface area contributed by atoms with Gasteiger partial charge in [0.1, 0.15) is 17.7 Å². The lowest BCUT2D eigenvalue weighted by Crippen LogP contribution is -2.42. The van der Waals surface area contributed by atoms with Gasteiger partial charge in [-0.1, -0.05) is 45.0 Å². The minimum atomic E-state index is -0.318. The zero-order chi connectivity index (χ0) is 31.4. The number of benzene rings is 1. The fourth-order valence-corrected chi connectivity index (χ4v) is 6.01. The second-order valence-corrected chi connectivity index (χ2v) is 13.2. The number of aromatic nitrogens is 3. The molecule has 4 N–H and O–H groups in total. The van der Waals surface area contributed by atoms with Crippen molar-refractivity contribution in [1.82, 2.24) is 35.4 Å². The van der Waals surface area contributed by atoms with Gasteiger partial charge in [-0.15, -0.1) is 10.2 Å². The lowest BCUT2D eigenvalue weighted by molar-refractivity contribution is 0.171. The van der Waals surface area contributed by atoms with Crippen molar-refractivity contribution in [2.75, 3.05) is 45.7 Å². The van der Waals surface area contributed by atoms with Crippen LogP contribution in [0.25, 0.3) is 5.65 Å². The fourth-order valence-electron chi connectivity index (χ4n) is 6.01. The fraction of sp³-hybridized carbons (Fsp3) is 0.515. The van der Waals surface area contributed by atoms with Crippen LogP contribution in [0.1, 0.15) is 69.7 Å². The summed E-state index contributed by atoms with van der Waals surface area (Å²) in [5.74, 6) is 2.81. The number of anilines is 1. The van der Waals surface area contributed by atoms with Crippen molar-refractivity contribution in [2.24, 2.45) is 11.3 Å². The van der Waals surface area contributed by atoms with Crippen molar-refractivity contribution in [1.29, 1.82) is 5.41 Å². The molecule has 236 valence electrons. The predicted octanol–water partition coefficient (Wildman–Crippen LogP) is 4.89. The number of carbonyl (C=O) groups is 1. The van der Waals surface area contributed by atoms with Crippen LogP contribution in [-0.2, 0) is 0 Å². The van der Waals surface area contributed by atoms with E-state index in [0.29, 0.717) is 17.5 Å². The Morgan fingerprint density at radius 1 is 1.07 bits per heavy atom. The molecule has 1 aliphatic heterocycles. The van der Waals surface area contributed by atoms with E-state index in [1.165, 1.54) is 0 Å². The number of nitrogens with zero attached hydrogens (tertiary/aromatic N) is 5. The Morgan fingerprint density at radius 3 is 2.48 bits per heavy atom. The van der Waals surface area contributed by atoms with Gasteiger partial charge in [0.25, 0.3) is 0 Å². The number of allylic oxidation sites excluding steroid dienone is 1. The summed E-state index contributed by atoms with van der Waals surface area (Å²) >= 11 is 0. The Bertz CT molecular complexity index is 1500. The highest BCUT2D eigenvalue weighted by molar-refractivity contribution is 5.97. The zero-order valence-electron chi connectivity index (χ0n) is 26.9. The molecule has 2 amide bonds. The molecule has 2 aromatic heterocycles. The molecule has 0 bridgehead atoms. The van der Waals surface area contributed by atoms with Crippen molar-refractivity contribution < 1.29 is 9.53 Å². The number of hydrogen-bond donors (Lipinski definition) is 4. The highest BCUT2D eigenvalue weighted by atomic mass is 16.5. The number of fused-ring (bicyclic) bond motifs is 2. The number of ether oxygens (including phenoxy) is 1. The summed E-state index contributed by atoms with van der Waals surface area (Å²) in [7, 11) is 6.01. The monoisotopic (exact) mass is 601 g/mol. The normalized spacial score (nSPS) is 19.5. The topological polar surface area (TPSA) is 123 Å². The molecule has 1 fully saturated rings. The molecule has 2 atom stereocenters. The maximum Gasteiger partial charge on any atom is 0.320 e. The van der Waals surface area contributed by atoms with Crippen LogP contribution in [0.15, 0.2) is 54.5 Å². The first-order chi connectivity index (χ1) is 21.0. The van der Waals surface area contributed by atoms with Gasteiger partial charge in [-0.2, -0.15) is 0 Å². The number of carbonyl (C=O) groups excluding carboxylic acids is 1. The summed E-state index contributed by atoms with van der Waals surface area (Å²) < 4.78 is 8.64. The van der Waals surface area contributed by atoms with E-state index in [2.05, 4.69) is 62.2 Å². The first kappa shape index (κ1) is 31.3. The number of piperidine rings is 1. The number of amides is 2. The van der Waals surface area contributed by atoms with E-state index in [0.717, 1.165) is 73.8 Å². The number of nitrogens with one attached hydrogen (secondary N) is 4. The van der Waals surface area contributed by atoms with Crippen LogP contribution in [-0.4, -0.2) is 72.0 Å². The first-order valence-corrected chi connectivity index (χ1v) is 15.6. The van der Waals surface area contributed by atoms with Crippen molar-refractivity contribution in [3.8, 4) is 5.75 Å². The summed E-state index contributed by atoms with van der Waals surface area (Å²) in [6, 6.07) is 11.6. The first-order valence-electron chi connectivity index (χ1n) is 15.6. The third kappa shape index (κ3) is 7.32. The smallest absolute Gasteiger partial charge is 0.320 e. The molecule has 0 spiro atoms. The van der Waals surface area contributed by atoms with Gasteiger partial charge in [0.05, 0.1) is 12.2 Å². The molecule has 0 radical (unpaired) electrons. The Morgan fingerprint density at radius 2 is 1.80 bits per heavy atom. The van der Waals surface area contributed by atoms with E-state index in [9.17, 15) is 4.79 Å². The molecule has 44 heavy (non-hydrogen) atoms. The molecule has 1 saturated heterocycles. The van der Waals surface area contributed by atoms with Gasteiger partial charge in [-0.05, 0) is 75.0 Å². The molecule has 1 aliphatic carbocycles. The molecule has 0 saturated carbocycles. The molecule has 3 aromatic rings. The van der Waals surface area contributed by atoms with E-state index in [1.807, 2.05) is 55.6 Å². The van der Waals surface area contributed by atoms with Gasteiger partial charge in [-0.3, -0.25) is 9.72 Å². The molecule has 3 heterocycles. The summed E-state index contributed by atoms with van der Waals surface area (Å²) in [5.41, 5.74) is 3.01. The number of hydrogen-bond acceptors (Lipinski definition) is 8. The quantitative estimate of drug-likeness (QED) is 0.258. The molecule has 5 rings (SSSR count). The Labute approximate surface area is 260 Å². The van der Waals surface area contributed by atoms with Crippen LogP contribution in [0.2, 0.25) is 0 Å². The summed E-state index contributed by atoms with van der Waals surface area (Å²) in [4.78, 5) is 17.6. The SMILES string of the molecule is CN/C(=C\C(=N)C(C)(C)C)NC(=O)N[C@H]1CC[C@@H](Oc2ccc3nnc(N4CCC(CN(C)C)CC4)n3c2)c2ccccc21. The average molecular weight is 602 g/mol. The van der Waals surface area contributed by atoms with Crippen LogP contribution in [0.4, 0.5) is 10.7 Å². The lowest BCUT2D eigenvalue weighted by atomic mass is 9.85. The molecule has 11 nitrogen and oxygen atoms in total. The predicted molar refractivity (Wildman–Crippen MR) is 174 cm³/mol. The zero-order valence-corrected chi connectivity index (χ0v) is 26.9. The van der Waals surface area contributed by atoms with Crippen LogP contribution in [0.5, 0.6) is 5.75 Å². The second kappa shape index (κ2) is 13.3. The minimum absolute atomic E-state index is 0.147. The average Bonchev–Trinajstić information content (AvgIpc) is 3.41. The molecule has 0 unspecified atom stereocenters. The molecule has 2 aliphatic rings. The molecular formula is C33H47N9O2. The largest absolute Gasteiger partial charge is 0.484 e. The highest BCUT2D eigenvalue weighted by Crippen LogP contribution is 2.39. The standard InChI is InChI=1S/C33H47N9O2/c1-33(2,3)28(34)19-29(35-4)37-31(43)36-26-12-13-27(25-10-8-7-9-24(25)26)44-23-11-14-30-38-39-32(42(30)21-23)41-17-15-22(16-18-41)20-40(5)6/h7-11,14,19,21-22,26-27,34-35H,12-13,15-18,20H2,1-6H3,(H2,36,37,43)/b29-19+,34-28?/t26-,27+/m0/s1. The van der Waals surface area contributed by atoms with E-state index >= 15 is 0 Å². The van der Waals surface area contributed by atoms with E-state index < -0.39 is 0 Å². The minimum Gasteiger partial charge on any atom is -0.484 e. The van der Waals surface area contributed by atoms with Gasteiger partial charge in [0.15, 0.2) is 5.65 Å². The summed E-state index contributed by atoms with van der Waals surface area (Å²) in [6.07, 6.45) is 7.27. The van der Waals surface area contributed by atoms with Crippen LogP contribution in [0.3, 0.4) is 0 Å². The number of rotatable bonds is 9. The molecular weight excluding hydrogens is 554 g/mol. The van der Waals surface area contributed by atoms with E-state index in [1.54, 1.807) is 13.1 Å². The highest BCUT2D eigenvalue weighted by Gasteiger charge is 2.30. The van der Waals surface area contributed by atoms with Gasteiger partial charge >= 0.3 is 6.03 Å². The van der Waals surface area contributed by atoms with Crippen molar-refractivity contribution in [3.05, 3.63) is 65.6 Å². The van der Waals surface area contributed by atoms with Crippen molar-refractivity contribution in [3.63, 3.8) is 0 Å². The third-order valence-corrected chi connectivity index (χ3v) is 8.51. The maximum atomic E-state index is 13.0. The summed E-state index contributed by atoms with van der Waals surface area (Å²) in [5, 5.41) is 26.2. The Kier molecular flexibility index (Phi) is 9.43. The second-order valence-electron chi connectivity index (χ2n) is 13.2. The van der Waals surface area contributed by atoms with Crippen LogP contribution in [0, 0.1) is 16.7 Å².